The maximum atomic E-state index is 6.55. The van der Waals surface area contributed by atoms with Gasteiger partial charge in [-0.25, -0.2) is 0 Å². The third kappa shape index (κ3) is 5.66. The molecule has 0 spiro atoms. The van der Waals surface area contributed by atoms with Crippen molar-refractivity contribution < 1.29 is 4.42 Å². The molecule has 10 aromatic carbocycles. The third-order valence-corrected chi connectivity index (χ3v) is 19.4. The minimum Gasteiger partial charge on any atom is -0.456 e. The largest absolute Gasteiger partial charge is 0.456 e. The third-order valence-electron chi connectivity index (χ3n) is 14.6. The Kier molecular flexibility index (Phi) is 8.62. The first-order chi connectivity index (χ1) is 32.5. The van der Waals surface area contributed by atoms with E-state index >= 15 is 0 Å². The first kappa shape index (κ1) is 38.5. The number of furan rings is 1. The predicted octanol–water partition coefficient (Wildman–Crippen LogP) is 14.1. The van der Waals surface area contributed by atoms with E-state index in [1.165, 1.54) is 76.4 Å². The molecule has 0 atom stereocenters. The van der Waals surface area contributed by atoms with Gasteiger partial charge in [-0.05, 0) is 119 Å². The van der Waals surface area contributed by atoms with Gasteiger partial charge in [-0.1, -0.05) is 202 Å². The molecule has 0 radical (unpaired) electrons. The van der Waals surface area contributed by atoms with Crippen molar-refractivity contribution in [2.75, 3.05) is 4.90 Å². The van der Waals surface area contributed by atoms with Crippen LogP contribution in [0.15, 0.2) is 241 Å². The van der Waals surface area contributed by atoms with Gasteiger partial charge >= 0.3 is 0 Å². The van der Waals surface area contributed by atoms with Crippen LogP contribution in [-0.4, -0.2) is 8.07 Å². The summed E-state index contributed by atoms with van der Waals surface area (Å²) < 4.78 is 6.55. The quantitative estimate of drug-likeness (QED) is 0.148. The van der Waals surface area contributed by atoms with Gasteiger partial charge in [-0.3, -0.25) is 0 Å². The molecule has 0 saturated heterocycles. The summed E-state index contributed by atoms with van der Waals surface area (Å²) in [5.74, 6) is 0. The van der Waals surface area contributed by atoms with Crippen LogP contribution in [0.3, 0.4) is 0 Å². The van der Waals surface area contributed by atoms with Crippen LogP contribution in [0, 0.1) is 0 Å². The highest BCUT2D eigenvalue weighted by molar-refractivity contribution is 7.22. The Hall–Kier alpha value is -7.98. The summed E-state index contributed by atoms with van der Waals surface area (Å²) in [4.78, 5) is 2.42. The Labute approximate surface area is 386 Å². The van der Waals surface area contributed by atoms with E-state index in [2.05, 4.69) is 249 Å². The van der Waals surface area contributed by atoms with Crippen LogP contribution in [0.1, 0.15) is 25.0 Å². The monoisotopic (exact) mass is 859 g/mol. The molecule has 0 saturated carbocycles. The lowest BCUT2D eigenvalue weighted by Crippen LogP contribution is -2.72. The van der Waals surface area contributed by atoms with Crippen LogP contribution < -0.4 is 25.6 Å². The number of hydrogen-bond acceptors (Lipinski definition) is 2. The highest BCUT2D eigenvalue weighted by atomic mass is 28.3. The Morgan fingerprint density at radius 3 is 1.67 bits per heavy atom. The molecule has 13 rings (SSSR count). The van der Waals surface area contributed by atoms with Gasteiger partial charge < -0.3 is 9.32 Å². The lowest BCUT2D eigenvalue weighted by Gasteiger charge is -2.32. The molecule has 11 aromatic rings. The van der Waals surface area contributed by atoms with Crippen molar-refractivity contribution in [3.63, 3.8) is 0 Å². The minimum absolute atomic E-state index is 0.152. The van der Waals surface area contributed by atoms with Crippen molar-refractivity contribution in [3.05, 3.63) is 248 Å². The lowest BCUT2D eigenvalue weighted by atomic mass is 9.82. The van der Waals surface area contributed by atoms with Crippen LogP contribution in [-0.2, 0) is 5.41 Å². The molecule has 0 amide bonds. The van der Waals surface area contributed by atoms with Crippen LogP contribution in [0.4, 0.5) is 17.1 Å². The Morgan fingerprint density at radius 1 is 0.348 bits per heavy atom. The molecule has 2 aliphatic rings. The van der Waals surface area contributed by atoms with Gasteiger partial charge in [0.15, 0.2) is 8.07 Å². The molecule has 66 heavy (non-hydrogen) atoms. The highest BCUT2D eigenvalue weighted by Crippen LogP contribution is 2.51. The molecule has 2 nitrogen and oxygen atoms in total. The molecule has 1 aliphatic heterocycles. The molecular formula is C63H45NOSi. The summed E-state index contributed by atoms with van der Waals surface area (Å²) >= 11 is 0. The van der Waals surface area contributed by atoms with Gasteiger partial charge in [0.2, 0.25) is 0 Å². The molecule has 0 unspecified atom stereocenters. The zero-order valence-electron chi connectivity index (χ0n) is 36.9. The van der Waals surface area contributed by atoms with Gasteiger partial charge in [-0.2, -0.15) is 0 Å². The smallest absolute Gasteiger partial charge is 0.180 e. The van der Waals surface area contributed by atoms with Crippen LogP contribution in [0.5, 0.6) is 0 Å². The zero-order valence-corrected chi connectivity index (χ0v) is 37.9. The van der Waals surface area contributed by atoms with Gasteiger partial charge in [0, 0.05) is 39.3 Å². The number of nitrogens with zero attached hydrogens (tertiary/aromatic N) is 1. The Bertz CT molecular complexity index is 3650. The summed E-state index contributed by atoms with van der Waals surface area (Å²) in [5.41, 5.74) is 17.6. The summed E-state index contributed by atoms with van der Waals surface area (Å²) in [5, 5.41) is 7.92. The van der Waals surface area contributed by atoms with Crippen LogP contribution in [0.25, 0.3) is 66.4 Å². The summed E-state index contributed by atoms with van der Waals surface area (Å²) in [6, 6.07) is 87.9. The minimum atomic E-state index is -2.70. The number of anilines is 3. The van der Waals surface area contributed by atoms with Crippen molar-refractivity contribution in [2.24, 2.45) is 0 Å². The summed E-state index contributed by atoms with van der Waals surface area (Å²) in [6.07, 6.45) is 0. The number of benzene rings is 10. The van der Waals surface area contributed by atoms with E-state index in [9.17, 15) is 0 Å². The van der Waals surface area contributed by atoms with Gasteiger partial charge in [0.25, 0.3) is 0 Å². The van der Waals surface area contributed by atoms with E-state index in [4.69, 9.17) is 4.42 Å². The first-order valence-corrected chi connectivity index (χ1v) is 25.0. The fourth-order valence-electron chi connectivity index (χ4n) is 11.5. The number of rotatable bonds is 7. The highest BCUT2D eigenvalue weighted by Gasteiger charge is 2.48. The molecule has 3 heteroatoms. The van der Waals surface area contributed by atoms with Gasteiger partial charge in [-0.15, -0.1) is 0 Å². The Balaban J connectivity index is 1.02. The molecular weight excluding hydrogens is 815 g/mol. The SMILES string of the molecule is CC1(C)c2ccccc2-c2ccc(N(c3ccc(-c4cccc([Si]5(c6ccccc6)c6ccccc6-c6ccccc65)c4)c(-c4ccccc4)c3)c3ccc4c(c3)oc3ccccc34)cc21. The topological polar surface area (TPSA) is 16.4 Å². The molecule has 312 valence electrons. The normalized spacial score (nSPS) is 13.8. The predicted molar refractivity (Wildman–Crippen MR) is 279 cm³/mol. The summed E-state index contributed by atoms with van der Waals surface area (Å²) in [6.45, 7) is 4.71. The maximum Gasteiger partial charge on any atom is 0.180 e. The van der Waals surface area contributed by atoms with E-state index in [1.807, 2.05) is 6.07 Å². The number of fused-ring (bicyclic) bond motifs is 9. The molecule has 0 N–H and O–H groups in total. The van der Waals surface area contributed by atoms with Crippen molar-refractivity contribution in [1.29, 1.82) is 0 Å². The molecule has 1 aromatic heterocycles. The first-order valence-electron chi connectivity index (χ1n) is 23.0. The van der Waals surface area contributed by atoms with Gasteiger partial charge in [0.05, 0.1) is 0 Å². The van der Waals surface area contributed by atoms with Crippen molar-refractivity contribution in [1.82, 2.24) is 0 Å². The van der Waals surface area contributed by atoms with Crippen molar-refractivity contribution >= 4 is 67.8 Å². The Morgan fingerprint density at radius 2 is 0.894 bits per heavy atom. The average molecular weight is 860 g/mol. The van der Waals surface area contributed by atoms with Crippen LogP contribution >= 0.6 is 0 Å². The van der Waals surface area contributed by atoms with Crippen LogP contribution in [0.2, 0.25) is 0 Å². The maximum absolute atomic E-state index is 6.55. The van der Waals surface area contributed by atoms with E-state index in [1.54, 1.807) is 0 Å². The van der Waals surface area contributed by atoms with E-state index in [0.717, 1.165) is 39.0 Å². The fourth-order valence-corrected chi connectivity index (χ4v) is 16.8. The number of hydrogen-bond donors (Lipinski definition) is 0. The second kappa shape index (κ2) is 14.8. The lowest BCUT2D eigenvalue weighted by molar-refractivity contribution is 0.660. The van der Waals surface area contributed by atoms with Crippen molar-refractivity contribution in [3.8, 4) is 44.5 Å². The zero-order chi connectivity index (χ0) is 44.0. The molecule has 0 bridgehead atoms. The van der Waals surface area contributed by atoms with E-state index in [0.29, 0.717) is 0 Å². The standard InChI is InChI=1S/C63H45NOSi/c1-63(2)57-28-13-9-24-50(57)51-36-33-45(40-58(51)63)64(46-34-37-53-52-25-10-14-29-59(52)65-60(53)41-46)44-32-35-49(56(39-44)42-18-5-3-6-19-42)43-20-17-23-48(38-43)66(47-21-7-4-8-22-47)61-30-15-11-26-54(61)55-27-12-16-31-62(55)66/h3-41H,1-2H3. The number of para-hydroxylation sites is 1. The second-order valence-corrected chi connectivity index (χ2v) is 22.1. The molecule has 0 fully saturated rings. The van der Waals surface area contributed by atoms with E-state index in [-0.39, 0.29) is 5.41 Å². The van der Waals surface area contributed by atoms with E-state index < -0.39 is 8.07 Å². The molecule has 2 heterocycles. The second-order valence-electron chi connectivity index (χ2n) is 18.4. The average Bonchev–Trinajstić information content (AvgIpc) is 3.98. The molecule has 1 aliphatic carbocycles. The summed E-state index contributed by atoms with van der Waals surface area (Å²) in [7, 11) is -2.70. The van der Waals surface area contributed by atoms with Crippen molar-refractivity contribution in [2.45, 2.75) is 19.3 Å². The fraction of sp³-hybridized carbons (Fsp3) is 0.0476. The van der Waals surface area contributed by atoms with Gasteiger partial charge in [0.1, 0.15) is 11.2 Å².